The Balaban J connectivity index is 1.85. The first kappa shape index (κ1) is 24.5. The van der Waals surface area contributed by atoms with E-state index >= 15 is 0 Å². The second-order valence-corrected chi connectivity index (χ2v) is 11.1. The zero-order valence-corrected chi connectivity index (χ0v) is 21.4. The Morgan fingerprint density at radius 2 is 2.00 bits per heavy atom. The maximum Gasteiger partial charge on any atom is 0.242 e. The highest BCUT2D eigenvalue weighted by molar-refractivity contribution is 7.89. The van der Waals surface area contributed by atoms with Gasteiger partial charge in [-0.25, -0.2) is 17.7 Å². The van der Waals surface area contributed by atoms with Gasteiger partial charge in [-0.1, -0.05) is 6.07 Å². The summed E-state index contributed by atoms with van der Waals surface area (Å²) < 4.78 is 45.5. The number of thiazole rings is 1. The SMILES string of the molecule is COc1ccc(OC)c(-c2csc(=Nc3cccc(S(=O)(=O)N(C)C)c3)n2C[C@H]2CCCO2)c1. The molecule has 1 aliphatic rings. The van der Waals surface area contributed by atoms with E-state index in [0.29, 0.717) is 12.2 Å². The van der Waals surface area contributed by atoms with Crippen molar-refractivity contribution in [2.75, 3.05) is 34.9 Å². The molecule has 0 amide bonds. The quantitative estimate of drug-likeness (QED) is 0.466. The van der Waals surface area contributed by atoms with E-state index in [4.69, 9.17) is 19.2 Å². The van der Waals surface area contributed by atoms with Gasteiger partial charge < -0.3 is 18.8 Å². The highest BCUT2D eigenvalue weighted by atomic mass is 32.2. The molecule has 2 aromatic carbocycles. The van der Waals surface area contributed by atoms with Gasteiger partial charge in [0.15, 0.2) is 4.80 Å². The van der Waals surface area contributed by atoms with Crippen LogP contribution in [-0.2, 0) is 21.3 Å². The standard InChI is InChI=1S/C24H29N3O5S2/c1-26(2)34(28,29)20-9-5-7-17(13-20)25-24-27(15-19-8-6-12-32-19)22(16-33-24)21-14-18(30-3)10-11-23(21)31-4/h5,7,9-11,13-14,16,19H,6,8,12,15H2,1-4H3/t19-/m1/s1. The number of aromatic nitrogens is 1. The number of rotatable bonds is 8. The molecule has 0 unspecified atom stereocenters. The van der Waals surface area contributed by atoms with E-state index in [-0.39, 0.29) is 11.0 Å². The Morgan fingerprint density at radius 1 is 1.18 bits per heavy atom. The number of nitrogens with zero attached hydrogens (tertiary/aromatic N) is 3. The van der Waals surface area contributed by atoms with Crippen LogP contribution in [0.4, 0.5) is 5.69 Å². The summed E-state index contributed by atoms with van der Waals surface area (Å²) in [4.78, 5) is 5.78. The smallest absolute Gasteiger partial charge is 0.242 e. The van der Waals surface area contributed by atoms with Gasteiger partial charge in [0, 0.05) is 31.6 Å². The molecule has 10 heteroatoms. The van der Waals surface area contributed by atoms with E-state index in [0.717, 1.165) is 47.0 Å². The van der Waals surface area contributed by atoms with Crippen molar-refractivity contribution in [3.05, 3.63) is 52.6 Å². The van der Waals surface area contributed by atoms with Crippen molar-refractivity contribution in [1.29, 1.82) is 0 Å². The molecule has 0 saturated carbocycles. The third-order valence-corrected chi connectivity index (χ3v) is 8.39. The van der Waals surface area contributed by atoms with Gasteiger partial charge >= 0.3 is 0 Å². The second-order valence-electron chi connectivity index (χ2n) is 8.11. The monoisotopic (exact) mass is 503 g/mol. The molecule has 8 nitrogen and oxygen atoms in total. The zero-order chi connectivity index (χ0) is 24.3. The van der Waals surface area contributed by atoms with Crippen molar-refractivity contribution in [3.63, 3.8) is 0 Å². The first-order valence-corrected chi connectivity index (χ1v) is 13.2. The number of ether oxygens (including phenoxy) is 3. The van der Waals surface area contributed by atoms with Crippen LogP contribution < -0.4 is 14.3 Å². The van der Waals surface area contributed by atoms with E-state index in [1.165, 1.54) is 29.7 Å². The number of hydrogen-bond donors (Lipinski definition) is 0. The minimum atomic E-state index is -3.56. The lowest BCUT2D eigenvalue weighted by molar-refractivity contribution is 0.0968. The molecule has 0 spiro atoms. The van der Waals surface area contributed by atoms with Crippen LogP contribution in [0.1, 0.15) is 12.8 Å². The highest BCUT2D eigenvalue weighted by Crippen LogP contribution is 2.34. The Labute approximate surface area is 204 Å². The summed E-state index contributed by atoms with van der Waals surface area (Å²) in [6.07, 6.45) is 2.10. The number of methoxy groups -OCH3 is 2. The van der Waals surface area contributed by atoms with Crippen LogP contribution in [0, 0.1) is 0 Å². The summed E-state index contributed by atoms with van der Waals surface area (Å²) in [7, 11) is 2.75. The van der Waals surface area contributed by atoms with Crippen LogP contribution in [0.15, 0.2) is 57.7 Å². The molecule has 0 aliphatic carbocycles. The number of benzene rings is 2. The normalized spacial score (nSPS) is 16.9. The van der Waals surface area contributed by atoms with Crippen LogP contribution in [0.3, 0.4) is 0 Å². The summed E-state index contributed by atoms with van der Waals surface area (Å²) in [5.74, 6) is 1.45. The molecular formula is C24H29N3O5S2. The summed E-state index contributed by atoms with van der Waals surface area (Å²) in [5.41, 5.74) is 2.39. The molecule has 1 aromatic heterocycles. The molecule has 0 radical (unpaired) electrons. The molecule has 182 valence electrons. The fourth-order valence-corrected chi connectivity index (χ4v) is 5.72. The van der Waals surface area contributed by atoms with Crippen LogP contribution in [0.25, 0.3) is 11.3 Å². The van der Waals surface area contributed by atoms with Crippen molar-refractivity contribution >= 4 is 27.0 Å². The van der Waals surface area contributed by atoms with Gasteiger partial charge in [0.05, 0.1) is 43.1 Å². The van der Waals surface area contributed by atoms with E-state index < -0.39 is 10.0 Å². The topological polar surface area (TPSA) is 82.4 Å². The minimum absolute atomic E-state index is 0.0874. The van der Waals surface area contributed by atoms with Gasteiger partial charge in [-0.05, 0) is 49.2 Å². The molecule has 2 heterocycles. The Hall–Kier alpha value is -2.66. The second kappa shape index (κ2) is 10.3. The molecule has 3 aromatic rings. The predicted molar refractivity (Wildman–Crippen MR) is 132 cm³/mol. The van der Waals surface area contributed by atoms with Crippen LogP contribution in [0.2, 0.25) is 0 Å². The van der Waals surface area contributed by atoms with Gasteiger partial charge in [0.1, 0.15) is 11.5 Å². The lowest BCUT2D eigenvalue weighted by Crippen LogP contribution is -2.24. The molecule has 1 atom stereocenters. The lowest BCUT2D eigenvalue weighted by Gasteiger charge is -2.16. The molecule has 4 rings (SSSR count). The van der Waals surface area contributed by atoms with Gasteiger partial charge in [0.25, 0.3) is 0 Å². The van der Waals surface area contributed by atoms with E-state index in [9.17, 15) is 8.42 Å². The van der Waals surface area contributed by atoms with Crippen molar-refractivity contribution in [2.45, 2.75) is 30.4 Å². The largest absolute Gasteiger partial charge is 0.497 e. The third-order valence-electron chi connectivity index (χ3n) is 5.71. The number of hydrogen-bond acceptors (Lipinski definition) is 7. The molecule has 1 fully saturated rings. The summed E-state index contributed by atoms with van der Waals surface area (Å²) >= 11 is 1.49. The Kier molecular flexibility index (Phi) is 7.42. The molecule has 1 aliphatic heterocycles. The minimum Gasteiger partial charge on any atom is -0.497 e. The van der Waals surface area contributed by atoms with Gasteiger partial charge in [0.2, 0.25) is 10.0 Å². The van der Waals surface area contributed by atoms with Crippen LogP contribution in [0.5, 0.6) is 11.5 Å². The van der Waals surface area contributed by atoms with Gasteiger partial charge in [-0.15, -0.1) is 11.3 Å². The van der Waals surface area contributed by atoms with E-state index in [1.807, 2.05) is 23.6 Å². The van der Waals surface area contributed by atoms with Crippen molar-refractivity contribution in [3.8, 4) is 22.8 Å². The molecular weight excluding hydrogens is 474 g/mol. The van der Waals surface area contributed by atoms with E-state index in [2.05, 4.69) is 4.57 Å². The summed E-state index contributed by atoms with van der Waals surface area (Å²) in [6, 6.07) is 12.4. The zero-order valence-electron chi connectivity index (χ0n) is 19.7. The van der Waals surface area contributed by atoms with Crippen molar-refractivity contribution in [1.82, 2.24) is 8.87 Å². The maximum absolute atomic E-state index is 12.6. The summed E-state index contributed by atoms with van der Waals surface area (Å²) in [6.45, 7) is 1.39. The first-order chi connectivity index (χ1) is 16.3. The van der Waals surface area contributed by atoms with E-state index in [1.54, 1.807) is 38.5 Å². The van der Waals surface area contributed by atoms with Crippen LogP contribution in [-0.4, -0.2) is 58.3 Å². The number of sulfonamides is 1. The first-order valence-electron chi connectivity index (χ1n) is 10.9. The third kappa shape index (κ3) is 5.05. The predicted octanol–water partition coefficient (Wildman–Crippen LogP) is 3.90. The lowest BCUT2D eigenvalue weighted by atomic mass is 10.1. The Bertz CT molecular complexity index is 1320. The Morgan fingerprint density at radius 3 is 2.68 bits per heavy atom. The average molecular weight is 504 g/mol. The highest BCUT2D eigenvalue weighted by Gasteiger charge is 2.21. The van der Waals surface area contributed by atoms with Gasteiger partial charge in [-0.3, -0.25) is 0 Å². The molecule has 0 N–H and O–H groups in total. The maximum atomic E-state index is 12.6. The van der Waals surface area contributed by atoms with Crippen molar-refractivity contribution < 1.29 is 22.6 Å². The fourth-order valence-electron chi connectivity index (χ4n) is 3.85. The molecule has 0 bridgehead atoms. The van der Waals surface area contributed by atoms with Crippen molar-refractivity contribution in [2.24, 2.45) is 4.99 Å². The fraction of sp³-hybridized carbons (Fsp3) is 0.375. The summed E-state index contributed by atoms with van der Waals surface area (Å²) in [5, 5.41) is 2.03. The molecule has 34 heavy (non-hydrogen) atoms. The van der Waals surface area contributed by atoms with Gasteiger partial charge in [-0.2, -0.15) is 0 Å². The molecule has 1 saturated heterocycles. The average Bonchev–Trinajstić information content (AvgIpc) is 3.49. The van der Waals surface area contributed by atoms with Crippen LogP contribution >= 0.6 is 11.3 Å².